The van der Waals surface area contributed by atoms with E-state index in [1.807, 2.05) is 5.57 Å². The van der Waals surface area contributed by atoms with Crippen molar-refractivity contribution in [2.24, 2.45) is 11.3 Å². The molecule has 0 radical (unpaired) electrons. The summed E-state index contributed by atoms with van der Waals surface area (Å²) >= 11 is 0. The van der Waals surface area contributed by atoms with E-state index in [2.05, 4.69) is 6.08 Å². The number of allylic oxidation sites excluding steroid dienone is 2. The van der Waals surface area contributed by atoms with Crippen LogP contribution in [0.25, 0.3) is 0 Å². The van der Waals surface area contributed by atoms with Crippen LogP contribution in [0.2, 0.25) is 0 Å². The van der Waals surface area contributed by atoms with E-state index in [0.717, 1.165) is 11.3 Å². The first-order valence-electron chi connectivity index (χ1n) is 4.11. The van der Waals surface area contributed by atoms with Gasteiger partial charge in [0.1, 0.15) is 0 Å². The molecule has 2 fully saturated rings. The van der Waals surface area contributed by atoms with Crippen molar-refractivity contribution in [3.8, 4) is 0 Å². The Kier molecular flexibility index (Phi) is 0.564. The minimum Gasteiger partial charge on any atom is -0.0804 e. The zero-order valence-electron chi connectivity index (χ0n) is 5.69. The standard InChI is InChI=1S/C9H12/c1-2-8-6-9(8,5-1)7-3-4-7/h3,8H,1-2,4-6H2. The Morgan fingerprint density at radius 1 is 1.56 bits per heavy atom. The molecule has 0 heteroatoms. The van der Waals surface area contributed by atoms with E-state index >= 15 is 0 Å². The Morgan fingerprint density at radius 3 is 2.89 bits per heavy atom. The van der Waals surface area contributed by atoms with Gasteiger partial charge in [-0.1, -0.05) is 18.1 Å². The Labute approximate surface area is 56.0 Å². The molecule has 0 aromatic carbocycles. The van der Waals surface area contributed by atoms with Crippen LogP contribution in [0.5, 0.6) is 0 Å². The number of fused-ring (bicyclic) bond motifs is 1. The summed E-state index contributed by atoms with van der Waals surface area (Å²) in [5.74, 6) is 1.14. The minimum absolute atomic E-state index is 0.833. The molecule has 2 saturated carbocycles. The third-order valence-corrected chi connectivity index (χ3v) is 3.46. The maximum Gasteiger partial charge on any atom is -0.00534 e. The molecule has 0 saturated heterocycles. The molecule has 3 aliphatic carbocycles. The quantitative estimate of drug-likeness (QED) is 0.466. The molecule has 2 unspecified atom stereocenters. The van der Waals surface area contributed by atoms with Gasteiger partial charge in [-0.2, -0.15) is 0 Å². The summed E-state index contributed by atoms with van der Waals surface area (Å²) in [4.78, 5) is 0. The average molecular weight is 120 g/mol. The van der Waals surface area contributed by atoms with Crippen molar-refractivity contribution in [3.05, 3.63) is 11.6 Å². The van der Waals surface area contributed by atoms with Gasteiger partial charge in [0.2, 0.25) is 0 Å². The highest BCUT2D eigenvalue weighted by atomic mass is 14.6. The lowest BCUT2D eigenvalue weighted by atomic mass is 10.0. The second kappa shape index (κ2) is 1.12. The molecule has 0 heterocycles. The average Bonchev–Trinajstić information content (AvgIpc) is 2.73. The molecule has 0 nitrogen and oxygen atoms in total. The first-order valence-corrected chi connectivity index (χ1v) is 4.11. The Bertz CT molecular complexity index is 190. The van der Waals surface area contributed by atoms with Gasteiger partial charge in [0.15, 0.2) is 0 Å². The van der Waals surface area contributed by atoms with Crippen LogP contribution < -0.4 is 0 Å². The minimum atomic E-state index is 0.833. The van der Waals surface area contributed by atoms with Crippen LogP contribution in [-0.2, 0) is 0 Å². The fourth-order valence-corrected chi connectivity index (χ4v) is 2.74. The highest BCUT2D eigenvalue weighted by Gasteiger charge is 2.59. The molecule has 2 atom stereocenters. The summed E-state index contributed by atoms with van der Waals surface area (Å²) in [5.41, 5.74) is 2.66. The summed E-state index contributed by atoms with van der Waals surface area (Å²) in [6.45, 7) is 0. The summed E-state index contributed by atoms with van der Waals surface area (Å²) in [6, 6.07) is 0. The van der Waals surface area contributed by atoms with Crippen LogP contribution in [0.15, 0.2) is 11.6 Å². The van der Waals surface area contributed by atoms with Crippen molar-refractivity contribution in [2.45, 2.75) is 32.1 Å². The molecule has 3 aliphatic rings. The lowest BCUT2D eigenvalue weighted by Gasteiger charge is -2.03. The molecule has 0 N–H and O–H groups in total. The van der Waals surface area contributed by atoms with Crippen LogP contribution in [0.4, 0.5) is 0 Å². The predicted molar refractivity (Wildman–Crippen MR) is 37.1 cm³/mol. The molecular weight excluding hydrogens is 108 g/mol. The van der Waals surface area contributed by atoms with E-state index in [-0.39, 0.29) is 0 Å². The molecule has 9 heavy (non-hydrogen) atoms. The van der Waals surface area contributed by atoms with Crippen LogP contribution in [0.3, 0.4) is 0 Å². The van der Waals surface area contributed by atoms with E-state index in [1.54, 1.807) is 6.42 Å². The number of rotatable bonds is 1. The molecule has 0 bridgehead atoms. The van der Waals surface area contributed by atoms with Crippen molar-refractivity contribution in [2.75, 3.05) is 0 Å². The second-order valence-electron chi connectivity index (χ2n) is 3.88. The van der Waals surface area contributed by atoms with Crippen molar-refractivity contribution in [1.29, 1.82) is 0 Å². The molecule has 0 aromatic heterocycles. The lowest BCUT2D eigenvalue weighted by molar-refractivity contribution is 0.595. The van der Waals surface area contributed by atoms with E-state index in [0.29, 0.717) is 0 Å². The van der Waals surface area contributed by atoms with Crippen LogP contribution in [0.1, 0.15) is 32.1 Å². The first kappa shape index (κ1) is 4.54. The maximum absolute atomic E-state index is 2.44. The van der Waals surface area contributed by atoms with Gasteiger partial charge in [-0.3, -0.25) is 0 Å². The fourth-order valence-electron chi connectivity index (χ4n) is 2.74. The van der Waals surface area contributed by atoms with Gasteiger partial charge in [-0.25, -0.2) is 0 Å². The normalized spacial score (nSPS) is 52.4. The van der Waals surface area contributed by atoms with Gasteiger partial charge < -0.3 is 0 Å². The van der Waals surface area contributed by atoms with Crippen molar-refractivity contribution in [3.63, 3.8) is 0 Å². The van der Waals surface area contributed by atoms with E-state index < -0.39 is 0 Å². The van der Waals surface area contributed by atoms with Gasteiger partial charge in [-0.15, -0.1) is 0 Å². The van der Waals surface area contributed by atoms with Gasteiger partial charge in [0.05, 0.1) is 0 Å². The summed E-state index contributed by atoms with van der Waals surface area (Å²) < 4.78 is 0. The molecule has 0 aromatic rings. The smallest absolute Gasteiger partial charge is 0.00534 e. The zero-order valence-corrected chi connectivity index (χ0v) is 5.69. The van der Waals surface area contributed by atoms with Crippen LogP contribution in [-0.4, -0.2) is 0 Å². The molecule has 48 valence electrons. The largest absolute Gasteiger partial charge is 0.0804 e. The summed E-state index contributed by atoms with van der Waals surface area (Å²) in [5, 5.41) is 0. The topological polar surface area (TPSA) is 0 Å². The fraction of sp³-hybridized carbons (Fsp3) is 0.778. The Balaban J connectivity index is 1.95. The molecular formula is C9H12. The SMILES string of the molecule is C1=C(C23CCCC2C3)C1. The van der Waals surface area contributed by atoms with Crippen molar-refractivity contribution in [1.82, 2.24) is 0 Å². The Morgan fingerprint density at radius 2 is 2.44 bits per heavy atom. The monoisotopic (exact) mass is 120 g/mol. The van der Waals surface area contributed by atoms with Crippen molar-refractivity contribution >= 4 is 0 Å². The lowest BCUT2D eigenvalue weighted by Crippen LogP contribution is -1.93. The van der Waals surface area contributed by atoms with Crippen LogP contribution >= 0.6 is 0 Å². The molecule has 3 rings (SSSR count). The molecule has 0 amide bonds. The number of hydrogen-bond donors (Lipinski definition) is 0. The van der Waals surface area contributed by atoms with Gasteiger partial charge >= 0.3 is 0 Å². The number of hydrogen-bond acceptors (Lipinski definition) is 0. The van der Waals surface area contributed by atoms with Crippen LogP contribution in [0, 0.1) is 11.3 Å². The third-order valence-electron chi connectivity index (χ3n) is 3.46. The van der Waals surface area contributed by atoms with E-state index in [9.17, 15) is 0 Å². The highest BCUT2D eigenvalue weighted by Crippen LogP contribution is 2.70. The zero-order chi connectivity index (χ0) is 5.90. The predicted octanol–water partition coefficient (Wildman–Crippen LogP) is 2.51. The maximum atomic E-state index is 2.44. The van der Waals surface area contributed by atoms with Gasteiger partial charge in [-0.05, 0) is 37.0 Å². The van der Waals surface area contributed by atoms with Gasteiger partial charge in [0, 0.05) is 0 Å². The highest BCUT2D eigenvalue weighted by molar-refractivity contribution is 5.38. The second-order valence-corrected chi connectivity index (χ2v) is 3.88. The van der Waals surface area contributed by atoms with E-state index in [1.165, 1.54) is 25.7 Å². The third kappa shape index (κ3) is 0.417. The van der Waals surface area contributed by atoms with Gasteiger partial charge in [0.25, 0.3) is 0 Å². The summed E-state index contributed by atoms with van der Waals surface area (Å²) in [7, 11) is 0. The first-order chi connectivity index (χ1) is 4.42. The molecule has 0 spiro atoms. The summed E-state index contributed by atoms with van der Waals surface area (Å²) in [6.07, 6.45) is 9.95. The van der Waals surface area contributed by atoms with Crippen molar-refractivity contribution < 1.29 is 0 Å². The van der Waals surface area contributed by atoms with E-state index in [4.69, 9.17) is 0 Å². The molecule has 0 aliphatic heterocycles. The Hall–Kier alpha value is -0.260.